The van der Waals surface area contributed by atoms with Crippen molar-refractivity contribution < 1.29 is 4.74 Å². The normalized spacial score (nSPS) is 19.0. The van der Waals surface area contributed by atoms with Gasteiger partial charge in [-0.1, -0.05) is 6.07 Å². The minimum absolute atomic E-state index is 0.314. The highest BCUT2D eigenvalue weighted by Crippen LogP contribution is 2.26. The van der Waals surface area contributed by atoms with Crippen molar-refractivity contribution in [2.24, 2.45) is 0 Å². The average molecular weight is 272 g/mol. The van der Waals surface area contributed by atoms with E-state index in [0.29, 0.717) is 12.6 Å². The topological polar surface area (TPSA) is 43.2 Å². The molecule has 0 radical (unpaired) electrons. The van der Waals surface area contributed by atoms with Crippen LogP contribution >= 0.6 is 0 Å². The van der Waals surface area contributed by atoms with Crippen molar-refractivity contribution in [3.05, 3.63) is 47.8 Å². The number of methoxy groups -OCH3 is 1. The molecule has 1 aliphatic rings. The van der Waals surface area contributed by atoms with Crippen LogP contribution < -0.4 is 0 Å². The van der Waals surface area contributed by atoms with Gasteiger partial charge < -0.3 is 9.30 Å². The second kappa shape index (κ2) is 5.73. The maximum absolute atomic E-state index is 5.23. The molecule has 2 aromatic rings. The molecule has 0 N–H and O–H groups in total. The van der Waals surface area contributed by atoms with E-state index >= 15 is 0 Å². The van der Waals surface area contributed by atoms with Crippen LogP contribution in [0.1, 0.15) is 30.0 Å². The fourth-order valence-corrected chi connectivity index (χ4v) is 2.81. The standard InChI is InChI=1S/C15H20N4O/c1-12-15-17-9-14(11-20-2)19(15)7-6-18(12)10-13-4-3-5-16-8-13/h3-5,8-9,12H,6-7,10-11H2,1-2H3/t12-/m1/s1. The third-order valence-corrected chi connectivity index (χ3v) is 3.90. The number of imidazole rings is 1. The van der Waals surface area contributed by atoms with Gasteiger partial charge in [-0.15, -0.1) is 0 Å². The van der Waals surface area contributed by atoms with E-state index in [1.807, 2.05) is 24.7 Å². The molecule has 5 heteroatoms. The van der Waals surface area contributed by atoms with Gasteiger partial charge in [0.2, 0.25) is 0 Å². The molecule has 1 aliphatic heterocycles. The largest absolute Gasteiger partial charge is 0.378 e. The van der Waals surface area contributed by atoms with Gasteiger partial charge in [-0.2, -0.15) is 0 Å². The molecule has 5 nitrogen and oxygen atoms in total. The summed E-state index contributed by atoms with van der Waals surface area (Å²) in [6.45, 7) is 5.75. The average Bonchev–Trinajstić information content (AvgIpc) is 2.88. The summed E-state index contributed by atoms with van der Waals surface area (Å²) in [5.74, 6) is 1.13. The van der Waals surface area contributed by atoms with Crippen molar-refractivity contribution in [3.8, 4) is 0 Å². The Labute approximate surface area is 119 Å². The molecule has 0 saturated carbocycles. The van der Waals surface area contributed by atoms with E-state index in [-0.39, 0.29) is 0 Å². The molecule has 0 saturated heterocycles. The molecule has 1 atom stereocenters. The smallest absolute Gasteiger partial charge is 0.126 e. The van der Waals surface area contributed by atoms with Gasteiger partial charge in [0.05, 0.1) is 24.5 Å². The molecule has 3 rings (SSSR count). The van der Waals surface area contributed by atoms with Crippen molar-refractivity contribution in [2.45, 2.75) is 32.7 Å². The summed E-state index contributed by atoms with van der Waals surface area (Å²) in [6.07, 6.45) is 5.68. The Kier molecular flexibility index (Phi) is 3.80. The van der Waals surface area contributed by atoms with Crippen LogP contribution in [0.4, 0.5) is 0 Å². The summed E-state index contributed by atoms with van der Waals surface area (Å²) in [7, 11) is 1.72. The molecule has 0 aliphatic carbocycles. The lowest BCUT2D eigenvalue weighted by Crippen LogP contribution is -2.37. The molecular weight excluding hydrogens is 252 g/mol. The van der Waals surface area contributed by atoms with Crippen LogP contribution in [0.15, 0.2) is 30.7 Å². The maximum Gasteiger partial charge on any atom is 0.126 e. The zero-order valence-electron chi connectivity index (χ0n) is 12.0. The zero-order valence-corrected chi connectivity index (χ0v) is 12.0. The maximum atomic E-state index is 5.23. The van der Waals surface area contributed by atoms with Gasteiger partial charge in [-0.25, -0.2) is 4.98 Å². The SMILES string of the molecule is COCc1cnc2n1CCN(Cc1cccnc1)[C@@H]2C. The third-order valence-electron chi connectivity index (χ3n) is 3.90. The summed E-state index contributed by atoms with van der Waals surface area (Å²) in [4.78, 5) is 11.2. The van der Waals surface area contributed by atoms with Gasteiger partial charge in [0, 0.05) is 39.1 Å². The molecule has 0 aromatic carbocycles. The fraction of sp³-hybridized carbons (Fsp3) is 0.467. The third kappa shape index (κ3) is 2.46. The molecule has 20 heavy (non-hydrogen) atoms. The molecule has 0 spiro atoms. The number of nitrogens with zero attached hydrogens (tertiary/aromatic N) is 4. The Morgan fingerprint density at radius 1 is 1.35 bits per heavy atom. The first-order chi connectivity index (χ1) is 9.79. The first-order valence-corrected chi connectivity index (χ1v) is 6.96. The quantitative estimate of drug-likeness (QED) is 0.854. The highest BCUT2D eigenvalue weighted by atomic mass is 16.5. The number of hydrogen-bond donors (Lipinski definition) is 0. The Bertz CT molecular complexity index is 567. The summed E-state index contributed by atoms with van der Waals surface area (Å²) in [5.41, 5.74) is 2.41. The van der Waals surface area contributed by atoms with Gasteiger partial charge in [-0.3, -0.25) is 9.88 Å². The molecular formula is C15H20N4O. The lowest BCUT2D eigenvalue weighted by molar-refractivity contribution is 0.143. The van der Waals surface area contributed by atoms with Crippen LogP contribution in [-0.2, 0) is 24.4 Å². The summed E-state index contributed by atoms with van der Waals surface area (Å²) in [6, 6.07) is 4.42. The van der Waals surface area contributed by atoms with Gasteiger partial charge in [0.1, 0.15) is 5.82 Å². The molecule has 0 bridgehead atoms. The predicted octanol–water partition coefficient (Wildman–Crippen LogP) is 2.00. The van der Waals surface area contributed by atoms with Crippen LogP contribution in [0, 0.1) is 0 Å². The fourth-order valence-electron chi connectivity index (χ4n) is 2.81. The van der Waals surface area contributed by atoms with Crippen LogP contribution in [0.3, 0.4) is 0 Å². The molecule has 0 amide bonds. The zero-order chi connectivity index (χ0) is 13.9. The second-order valence-electron chi connectivity index (χ2n) is 5.20. The Balaban J connectivity index is 1.77. The van der Waals surface area contributed by atoms with Gasteiger partial charge in [0.15, 0.2) is 0 Å². The summed E-state index contributed by atoms with van der Waals surface area (Å²) >= 11 is 0. The molecule has 0 fully saturated rings. The number of aromatic nitrogens is 3. The van der Waals surface area contributed by atoms with Gasteiger partial charge in [0.25, 0.3) is 0 Å². The Morgan fingerprint density at radius 2 is 2.25 bits per heavy atom. The number of hydrogen-bond acceptors (Lipinski definition) is 4. The lowest BCUT2D eigenvalue weighted by Gasteiger charge is -2.34. The highest BCUT2D eigenvalue weighted by molar-refractivity contribution is 5.13. The lowest BCUT2D eigenvalue weighted by atomic mass is 10.1. The predicted molar refractivity (Wildman–Crippen MR) is 76.0 cm³/mol. The minimum atomic E-state index is 0.314. The van der Waals surface area contributed by atoms with Gasteiger partial charge >= 0.3 is 0 Å². The Hall–Kier alpha value is -1.72. The number of fused-ring (bicyclic) bond motifs is 1. The monoisotopic (exact) mass is 272 g/mol. The molecule has 106 valence electrons. The molecule has 3 heterocycles. The van der Waals surface area contributed by atoms with Crippen LogP contribution in [0.2, 0.25) is 0 Å². The van der Waals surface area contributed by atoms with Crippen LogP contribution in [0.5, 0.6) is 0 Å². The first kappa shape index (κ1) is 13.3. The van der Waals surface area contributed by atoms with Crippen LogP contribution in [-0.4, -0.2) is 33.1 Å². The summed E-state index contributed by atoms with van der Waals surface area (Å²) < 4.78 is 7.51. The van der Waals surface area contributed by atoms with E-state index in [1.165, 1.54) is 5.56 Å². The van der Waals surface area contributed by atoms with E-state index in [2.05, 4.69) is 32.4 Å². The summed E-state index contributed by atoms with van der Waals surface area (Å²) in [5, 5.41) is 0. The molecule has 0 unspecified atom stereocenters. The minimum Gasteiger partial charge on any atom is -0.378 e. The van der Waals surface area contributed by atoms with Crippen molar-refractivity contribution >= 4 is 0 Å². The highest BCUT2D eigenvalue weighted by Gasteiger charge is 2.26. The van der Waals surface area contributed by atoms with Crippen molar-refractivity contribution in [3.63, 3.8) is 0 Å². The van der Waals surface area contributed by atoms with Crippen molar-refractivity contribution in [1.29, 1.82) is 0 Å². The first-order valence-electron chi connectivity index (χ1n) is 6.96. The molecule has 2 aromatic heterocycles. The van der Waals surface area contributed by atoms with E-state index in [9.17, 15) is 0 Å². The van der Waals surface area contributed by atoms with E-state index in [1.54, 1.807) is 7.11 Å². The van der Waals surface area contributed by atoms with E-state index in [4.69, 9.17) is 4.74 Å². The van der Waals surface area contributed by atoms with Crippen molar-refractivity contribution in [2.75, 3.05) is 13.7 Å². The van der Waals surface area contributed by atoms with Gasteiger partial charge in [-0.05, 0) is 18.6 Å². The van der Waals surface area contributed by atoms with E-state index < -0.39 is 0 Å². The van der Waals surface area contributed by atoms with Crippen molar-refractivity contribution in [1.82, 2.24) is 19.4 Å². The van der Waals surface area contributed by atoms with Crippen LogP contribution in [0.25, 0.3) is 0 Å². The number of ether oxygens (including phenoxy) is 1. The number of pyridine rings is 1. The number of rotatable bonds is 4. The van der Waals surface area contributed by atoms with E-state index in [0.717, 1.165) is 31.2 Å². The second-order valence-corrected chi connectivity index (χ2v) is 5.20. The Morgan fingerprint density at radius 3 is 3.00 bits per heavy atom.